The highest BCUT2D eigenvalue weighted by Gasteiger charge is 2.17. The summed E-state index contributed by atoms with van der Waals surface area (Å²) >= 11 is 0. The molecule has 5 heteroatoms. The molecule has 0 bridgehead atoms. The third-order valence-electron chi connectivity index (χ3n) is 2.21. The minimum absolute atomic E-state index is 0.0655. The number of aromatic nitrogens is 2. The number of nitrogens with zero attached hydrogens (tertiary/aromatic N) is 2. The highest BCUT2D eigenvalue weighted by Crippen LogP contribution is 2.18. The monoisotopic (exact) mass is 232 g/mol. The van der Waals surface area contributed by atoms with Crippen molar-refractivity contribution in [2.45, 2.75) is 6.92 Å². The van der Waals surface area contributed by atoms with Crippen LogP contribution in [0.1, 0.15) is 17.3 Å². The van der Waals surface area contributed by atoms with Crippen molar-refractivity contribution in [1.82, 2.24) is 9.78 Å². The van der Waals surface area contributed by atoms with E-state index >= 15 is 0 Å². The summed E-state index contributed by atoms with van der Waals surface area (Å²) in [6, 6.07) is 9.28. The fourth-order valence-corrected chi connectivity index (χ4v) is 1.46. The number of hydrogen-bond donors (Lipinski definition) is 1. The average Bonchev–Trinajstić information content (AvgIpc) is 2.75. The van der Waals surface area contributed by atoms with Gasteiger partial charge in [0.15, 0.2) is 0 Å². The van der Waals surface area contributed by atoms with Crippen LogP contribution >= 0.6 is 0 Å². The third-order valence-corrected chi connectivity index (χ3v) is 2.21. The van der Waals surface area contributed by atoms with Crippen LogP contribution in [-0.4, -0.2) is 27.5 Å². The maximum absolute atomic E-state index is 11.0. The van der Waals surface area contributed by atoms with Crippen molar-refractivity contribution in [2.75, 3.05) is 6.61 Å². The molecule has 2 rings (SSSR count). The van der Waals surface area contributed by atoms with Gasteiger partial charge in [-0.15, -0.1) is 5.10 Å². The topological polar surface area (TPSA) is 64.4 Å². The van der Waals surface area contributed by atoms with Crippen molar-refractivity contribution < 1.29 is 14.6 Å². The lowest BCUT2D eigenvalue weighted by Crippen LogP contribution is -2.00. The zero-order valence-electron chi connectivity index (χ0n) is 9.33. The van der Waals surface area contributed by atoms with E-state index in [-0.39, 0.29) is 11.4 Å². The number of carboxylic acids is 1. The normalized spacial score (nSPS) is 10.2. The molecular weight excluding hydrogens is 220 g/mol. The second-order valence-corrected chi connectivity index (χ2v) is 3.37. The van der Waals surface area contributed by atoms with E-state index in [4.69, 9.17) is 9.84 Å². The number of benzene rings is 1. The lowest BCUT2D eigenvalue weighted by atomic mass is 10.3. The summed E-state index contributed by atoms with van der Waals surface area (Å²) in [5.41, 5.74) is 0.858. The second-order valence-electron chi connectivity index (χ2n) is 3.37. The van der Waals surface area contributed by atoms with Gasteiger partial charge < -0.3 is 9.84 Å². The van der Waals surface area contributed by atoms with E-state index in [0.29, 0.717) is 6.61 Å². The van der Waals surface area contributed by atoms with Crippen LogP contribution in [0.4, 0.5) is 0 Å². The third kappa shape index (κ3) is 2.28. The molecule has 17 heavy (non-hydrogen) atoms. The first-order valence-corrected chi connectivity index (χ1v) is 5.23. The molecule has 88 valence electrons. The van der Waals surface area contributed by atoms with Crippen LogP contribution in [-0.2, 0) is 0 Å². The fraction of sp³-hybridized carbons (Fsp3) is 0.167. The Morgan fingerprint density at radius 2 is 2.12 bits per heavy atom. The lowest BCUT2D eigenvalue weighted by Gasteiger charge is -1.99. The van der Waals surface area contributed by atoms with Gasteiger partial charge in [0.25, 0.3) is 0 Å². The molecule has 0 aliphatic heterocycles. The molecule has 0 amide bonds. The summed E-state index contributed by atoms with van der Waals surface area (Å²) in [4.78, 5) is 11.0. The molecule has 0 aliphatic rings. The molecule has 1 aromatic carbocycles. The van der Waals surface area contributed by atoms with Crippen LogP contribution in [0.5, 0.6) is 5.88 Å². The molecule has 1 aromatic heterocycles. The first kappa shape index (κ1) is 11.2. The van der Waals surface area contributed by atoms with Gasteiger partial charge in [-0.3, -0.25) is 0 Å². The molecule has 0 saturated carbocycles. The van der Waals surface area contributed by atoms with Crippen molar-refractivity contribution in [3.05, 3.63) is 42.1 Å². The number of hydrogen-bond acceptors (Lipinski definition) is 3. The van der Waals surface area contributed by atoms with E-state index < -0.39 is 5.97 Å². The first-order chi connectivity index (χ1) is 8.22. The maximum Gasteiger partial charge on any atom is 0.342 e. The Morgan fingerprint density at radius 1 is 1.41 bits per heavy atom. The van der Waals surface area contributed by atoms with E-state index in [1.807, 2.05) is 30.3 Å². The van der Waals surface area contributed by atoms with Crippen LogP contribution in [0.25, 0.3) is 5.69 Å². The highest BCUT2D eigenvalue weighted by molar-refractivity contribution is 5.90. The summed E-state index contributed by atoms with van der Waals surface area (Å²) in [6.07, 6.45) is 1.45. The molecule has 5 nitrogen and oxygen atoms in total. The Morgan fingerprint density at radius 3 is 2.71 bits per heavy atom. The molecule has 0 unspecified atom stereocenters. The second kappa shape index (κ2) is 4.69. The Kier molecular flexibility index (Phi) is 3.09. The van der Waals surface area contributed by atoms with E-state index in [0.717, 1.165) is 5.69 Å². The SMILES string of the molecule is CCOc1nn(-c2ccccc2)cc1C(=O)O. The molecule has 0 aliphatic carbocycles. The van der Waals surface area contributed by atoms with Crippen LogP contribution in [0.15, 0.2) is 36.5 Å². The summed E-state index contributed by atoms with van der Waals surface area (Å²) in [5.74, 6) is -0.903. The summed E-state index contributed by atoms with van der Waals surface area (Å²) in [7, 11) is 0. The summed E-state index contributed by atoms with van der Waals surface area (Å²) < 4.78 is 6.68. The van der Waals surface area contributed by atoms with Crippen molar-refractivity contribution in [3.63, 3.8) is 0 Å². The molecule has 0 atom stereocenters. The van der Waals surface area contributed by atoms with E-state index in [1.54, 1.807) is 6.92 Å². The maximum atomic E-state index is 11.0. The van der Waals surface area contributed by atoms with Crippen molar-refractivity contribution in [1.29, 1.82) is 0 Å². The molecule has 0 fully saturated rings. The van der Waals surface area contributed by atoms with E-state index in [9.17, 15) is 4.79 Å². The standard InChI is InChI=1S/C12H12N2O3/c1-2-17-11-10(12(15)16)8-14(13-11)9-6-4-3-5-7-9/h3-8H,2H2,1H3,(H,15,16). The highest BCUT2D eigenvalue weighted by atomic mass is 16.5. The van der Waals surface area contributed by atoms with Gasteiger partial charge in [-0.1, -0.05) is 18.2 Å². The van der Waals surface area contributed by atoms with Gasteiger partial charge in [-0.05, 0) is 19.1 Å². The van der Waals surface area contributed by atoms with Crippen molar-refractivity contribution in [3.8, 4) is 11.6 Å². The minimum atomic E-state index is -1.05. The molecule has 1 N–H and O–H groups in total. The summed E-state index contributed by atoms with van der Waals surface area (Å²) in [5, 5.41) is 13.1. The smallest absolute Gasteiger partial charge is 0.342 e. The van der Waals surface area contributed by atoms with Gasteiger partial charge in [-0.25, -0.2) is 9.48 Å². The Labute approximate surface area is 98.3 Å². The zero-order valence-corrected chi connectivity index (χ0v) is 9.33. The summed E-state index contributed by atoms with van der Waals surface area (Å²) in [6.45, 7) is 2.17. The minimum Gasteiger partial charge on any atom is -0.477 e. The van der Waals surface area contributed by atoms with Crippen molar-refractivity contribution >= 4 is 5.97 Å². The number of ether oxygens (including phenoxy) is 1. The molecule has 0 spiro atoms. The Bertz CT molecular complexity index is 520. The van der Waals surface area contributed by atoms with Gasteiger partial charge in [0.1, 0.15) is 5.56 Å². The average molecular weight is 232 g/mol. The lowest BCUT2D eigenvalue weighted by molar-refractivity contribution is 0.0692. The predicted molar refractivity (Wildman–Crippen MR) is 61.7 cm³/mol. The Balaban J connectivity index is 2.44. The largest absolute Gasteiger partial charge is 0.477 e. The van der Waals surface area contributed by atoms with Crippen LogP contribution in [0, 0.1) is 0 Å². The number of aromatic carboxylic acids is 1. The van der Waals surface area contributed by atoms with Crippen LogP contribution in [0.2, 0.25) is 0 Å². The molecule has 1 heterocycles. The molecule has 0 saturated heterocycles. The number of rotatable bonds is 4. The number of carboxylic acid groups (broad SMARTS) is 1. The van der Waals surface area contributed by atoms with Crippen molar-refractivity contribution in [2.24, 2.45) is 0 Å². The number of carbonyl (C=O) groups is 1. The van der Waals surface area contributed by atoms with Gasteiger partial charge in [0.2, 0.25) is 5.88 Å². The fourth-order valence-electron chi connectivity index (χ4n) is 1.46. The van der Waals surface area contributed by atoms with E-state index in [2.05, 4.69) is 5.10 Å². The van der Waals surface area contributed by atoms with Gasteiger partial charge >= 0.3 is 5.97 Å². The molecule has 0 radical (unpaired) electrons. The van der Waals surface area contributed by atoms with Crippen LogP contribution in [0.3, 0.4) is 0 Å². The number of para-hydroxylation sites is 1. The zero-order chi connectivity index (χ0) is 12.3. The predicted octanol–water partition coefficient (Wildman–Crippen LogP) is 1.97. The van der Waals surface area contributed by atoms with Crippen LogP contribution < -0.4 is 4.74 Å². The van der Waals surface area contributed by atoms with Gasteiger partial charge in [-0.2, -0.15) is 0 Å². The first-order valence-electron chi connectivity index (χ1n) is 5.23. The van der Waals surface area contributed by atoms with Gasteiger partial charge in [0, 0.05) is 6.20 Å². The Hall–Kier alpha value is -2.30. The molecule has 2 aromatic rings. The quantitative estimate of drug-likeness (QED) is 0.875. The van der Waals surface area contributed by atoms with Gasteiger partial charge in [0.05, 0.1) is 12.3 Å². The van der Waals surface area contributed by atoms with E-state index in [1.165, 1.54) is 10.9 Å². The molecular formula is C12H12N2O3.